The fourth-order valence-corrected chi connectivity index (χ4v) is 1.26. The number of aliphatic hydroxyl groups excluding tert-OH is 2. The molecule has 0 aromatic heterocycles. The monoisotopic (exact) mass is 260 g/mol. The Hall–Kier alpha value is -1.14. The summed E-state index contributed by atoms with van der Waals surface area (Å²) in [4.78, 5) is 22.5. The van der Waals surface area contributed by atoms with E-state index in [4.69, 9.17) is 10.2 Å². The van der Waals surface area contributed by atoms with E-state index < -0.39 is 12.2 Å². The molecule has 0 fully saturated rings. The van der Waals surface area contributed by atoms with Crippen LogP contribution in [0.5, 0.6) is 0 Å². The molecule has 0 saturated heterocycles. The van der Waals surface area contributed by atoms with Crippen LogP contribution < -0.4 is 10.6 Å². The minimum absolute atomic E-state index is 0.130. The third-order valence-electron chi connectivity index (χ3n) is 2.35. The average molecular weight is 260 g/mol. The summed E-state index contributed by atoms with van der Waals surface area (Å²) < 4.78 is 0. The molecular weight excluding hydrogens is 236 g/mol. The van der Waals surface area contributed by atoms with Crippen LogP contribution in [0.3, 0.4) is 0 Å². The number of rotatable bonds is 9. The fraction of sp³-hybridized carbons (Fsp3) is 0.833. The second-order valence-electron chi connectivity index (χ2n) is 4.48. The van der Waals surface area contributed by atoms with E-state index in [-0.39, 0.29) is 24.7 Å². The van der Waals surface area contributed by atoms with Crippen molar-refractivity contribution in [3.63, 3.8) is 0 Å². The first-order chi connectivity index (χ1) is 8.41. The molecule has 6 nitrogen and oxygen atoms in total. The Balaban J connectivity index is 3.44. The van der Waals surface area contributed by atoms with Gasteiger partial charge < -0.3 is 20.8 Å². The first-order valence-corrected chi connectivity index (χ1v) is 6.31. The Kier molecular flexibility index (Phi) is 9.22. The Bertz CT molecular complexity index is 228. The van der Waals surface area contributed by atoms with E-state index in [1.807, 2.05) is 0 Å². The number of carbonyl (C=O) groups is 2. The van der Waals surface area contributed by atoms with E-state index in [1.165, 1.54) is 0 Å². The number of carbonyl (C=O) groups excluding carboxylic acids is 2. The summed E-state index contributed by atoms with van der Waals surface area (Å²) in [7, 11) is 0. The quantitative estimate of drug-likeness (QED) is 0.422. The highest BCUT2D eigenvalue weighted by Gasteiger charge is 2.05. The number of aliphatic hydroxyl groups is 2. The molecule has 6 heteroatoms. The maximum atomic E-state index is 11.2. The van der Waals surface area contributed by atoms with Gasteiger partial charge in [-0.05, 0) is 26.7 Å². The number of nitrogens with one attached hydrogen (secondary N) is 2. The molecule has 0 unspecified atom stereocenters. The van der Waals surface area contributed by atoms with Crippen LogP contribution in [0.2, 0.25) is 0 Å². The van der Waals surface area contributed by atoms with Gasteiger partial charge >= 0.3 is 0 Å². The standard InChI is InChI=1S/C12H24N2O4/c1-9(15)3-5-11(17)13-7-8-14-12(18)6-4-10(2)16/h9-10,15-16H,3-8H2,1-2H3,(H,13,17)(H,14,18)/t9-,10-/m0/s1. The second kappa shape index (κ2) is 9.85. The molecule has 0 aliphatic rings. The highest BCUT2D eigenvalue weighted by atomic mass is 16.3. The number of hydrogen-bond donors (Lipinski definition) is 4. The topological polar surface area (TPSA) is 98.7 Å². The Morgan fingerprint density at radius 2 is 1.22 bits per heavy atom. The lowest BCUT2D eigenvalue weighted by Crippen LogP contribution is -2.35. The predicted molar refractivity (Wildman–Crippen MR) is 67.8 cm³/mol. The van der Waals surface area contributed by atoms with E-state index in [0.29, 0.717) is 25.9 Å². The first-order valence-electron chi connectivity index (χ1n) is 6.31. The lowest BCUT2D eigenvalue weighted by molar-refractivity contribution is -0.123. The van der Waals surface area contributed by atoms with Crippen LogP contribution in [0.1, 0.15) is 39.5 Å². The van der Waals surface area contributed by atoms with E-state index in [2.05, 4.69) is 10.6 Å². The minimum atomic E-state index is -0.476. The molecule has 0 spiro atoms. The fourth-order valence-electron chi connectivity index (χ4n) is 1.26. The zero-order valence-corrected chi connectivity index (χ0v) is 11.1. The van der Waals surface area contributed by atoms with Crippen molar-refractivity contribution in [2.45, 2.75) is 51.7 Å². The highest BCUT2D eigenvalue weighted by molar-refractivity contribution is 5.77. The molecule has 18 heavy (non-hydrogen) atoms. The van der Waals surface area contributed by atoms with Gasteiger partial charge in [0, 0.05) is 25.9 Å². The summed E-state index contributed by atoms with van der Waals surface area (Å²) in [5, 5.41) is 23.3. The van der Waals surface area contributed by atoms with Gasteiger partial charge in [0.25, 0.3) is 0 Å². The molecule has 0 aromatic carbocycles. The second-order valence-corrected chi connectivity index (χ2v) is 4.48. The van der Waals surface area contributed by atoms with Crippen LogP contribution in [-0.4, -0.2) is 47.3 Å². The molecule has 2 amide bonds. The summed E-state index contributed by atoms with van der Waals surface area (Å²) >= 11 is 0. The van der Waals surface area contributed by atoms with Crippen LogP contribution in [0.25, 0.3) is 0 Å². The van der Waals surface area contributed by atoms with Crippen molar-refractivity contribution in [2.24, 2.45) is 0 Å². The van der Waals surface area contributed by atoms with Gasteiger partial charge in [-0.2, -0.15) is 0 Å². The van der Waals surface area contributed by atoms with Gasteiger partial charge in [-0.25, -0.2) is 0 Å². The SMILES string of the molecule is C[C@H](O)CCC(=O)NCCNC(=O)CC[C@H](C)O. The molecule has 0 heterocycles. The molecule has 2 atom stereocenters. The van der Waals surface area contributed by atoms with E-state index in [0.717, 1.165) is 0 Å². The van der Waals surface area contributed by atoms with Crippen molar-refractivity contribution in [3.05, 3.63) is 0 Å². The summed E-state index contributed by atoms with van der Waals surface area (Å²) in [6, 6.07) is 0. The summed E-state index contributed by atoms with van der Waals surface area (Å²) in [5.74, 6) is -0.261. The molecule has 0 aliphatic carbocycles. The highest BCUT2D eigenvalue weighted by Crippen LogP contribution is 1.95. The molecule has 0 aliphatic heterocycles. The van der Waals surface area contributed by atoms with Crippen molar-refractivity contribution in [3.8, 4) is 0 Å². The lowest BCUT2D eigenvalue weighted by Gasteiger charge is -2.08. The molecule has 0 radical (unpaired) electrons. The summed E-state index contributed by atoms with van der Waals surface area (Å²) in [5.41, 5.74) is 0. The zero-order valence-electron chi connectivity index (χ0n) is 11.1. The first kappa shape index (κ1) is 16.9. The maximum absolute atomic E-state index is 11.2. The minimum Gasteiger partial charge on any atom is -0.393 e. The zero-order chi connectivity index (χ0) is 14.0. The van der Waals surface area contributed by atoms with Gasteiger partial charge in [0.15, 0.2) is 0 Å². The van der Waals surface area contributed by atoms with Crippen LogP contribution in [0, 0.1) is 0 Å². The Morgan fingerprint density at radius 3 is 1.50 bits per heavy atom. The van der Waals surface area contributed by atoms with Gasteiger partial charge in [0.1, 0.15) is 0 Å². The van der Waals surface area contributed by atoms with E-state index >= 15 is 0 Å². The van der Waals surface area contributed by atoms with Gasteiger partial charge in [-0.15, -0.1) is 0 Å². The van der Waals surface area contributed by atoms with Gasteiger partial charge in [-0.3, -0.25) is 9.59 Å². The van der Waals surface area contributed by atoms with Gasteiger partial charge in [0.05, 0.1) is 12.2 Å². The van der Waals surface area contributed by atoms with Crippen molar-refractivity contribution in [1.29, 1.82) is 0 Å². The predicted octanol–water partition coefficient (Wildman–Crippen LogP) is -0.459. The van der Waals surface area contributed by atoms with Crippen LogP contribution in [0.15, 0.2) is 0 Å². The van der Waals surface area contributed by atoms with Crippen molar-refractivity contribution in [2.75, 3.05) is 13.1 Å². The van der Waals surface area contributed by atoms with Gasteiger partial charge in [0.2, 0.25) is 11.8 Å². The average Bonchev–Trinajstić information content (AvgIpc) is 2.29. The normalized spacial score (nSPS) is 13.8. The Morgan fingerprint density at radius 1 is 0.889 bits per heavy atom. The Labute approximate surface area is 108 Å². The van der Waals surface area contributed by atoms with Crippen molar-refractivity contribution in [1.82, 2.24) is 10.6 Å². The van der Waals surface area contributed by atoms with E-state index in [1.54, 1.807) is 13.8 Å². The van der Waals surface area contributed by atoms with Crippen LogP contribution in [-0.2, 0) is 9.59 Å². The maximum Gasteiger partial charge on any atom is 0.220 e. The summed E-state index contributed by atoms with van der Waals surface area (Å²) in [6.07, 6.45) is 0.493. The molecule has 4 N–H and O–H groups in total. The van der Waals surface area contributed by atoms with E-state index in [9.17, 15) is 9.59 Å². The largest absolute Gasteiger partial charge is 0.393 e. The number of hydrogen-bond acceptors (Lipinski definition) is 4. The summed E-state index contributed by atoms with van der Waals surface area (Å²) in [6.45, 7) is 4.02. The lowest BCUT2D eigenvalue weighted by atomic mass is 10.2. The van der Waals surface area contributed by atoms with Crippen LogP contribution in [0.4, 0.5) is 0 Å². The third-order valence-corrected chi connectivity index (χ3v) is 2.35. The smallest absolute Gasteiger partial charge is 0.220 e. The third kappa shape index (κ3) is 11.3. The van der Waals surface area contributed by atoms with Crippen molar-refractivity contribution < 1.29 is 19.8 Å². The molecular formula is C12H24N2O4. The molecule has 0 bridgehead atoms. The molecule has 0 saturated carbocycles. The molecule has 0 aromatic rings. The number of amides is 2. The van der Waals surface area contributed by atoms with Crippen LogP contribution >= 0.6 is 0 Å². The molecule has 0 rings (SSSR count). The molecule has 106 valence electrons. The van der Waals surface area contributed by atoms with Crippen molar-refractivity contribution >= 4 is 11.8 Å². The van der Waals surface area contributed by atoms with Gasteiger partial charge in [-0.1, -0.05) is 0 Å².